The van der Waals surface area contributed by atoms with Crippen LogP contribution in [0.3, 0.4) is 0 Å². The number of nitrogens with one attached hydrogen (secondary N) is 3. The average molecular weight is 459 g/mol. The molecule has 1 fully saturated rings. The van der Waals surface area contributed by atoms with E-state index in [1.165, 1.54) is 15.8 Å². The number of nitrogens with zero attached hydrogens (tertiary/aromatic N) is 1. The molecule has 176 valence electrons. The first-order valence-corrected chi connectivity index (χ1v) is 12.1. The number of imide groups is 1. The molecule has 0 saturated carbocycles. The van der Waals surface area contributed by atoms with E-state index < -0.39 is 12.1 Å². The summed E-state index contributed by atoms with van der Waals surface area (Å²) in [4.78, 5) is 42.8. The summed E-state index contributed by atoms with van der Waals surface area (Å²) in [7, 11) is 0. The molecule has 2 heterocycles. The van der Waals surface area contributed by atoms with E-state index in [-0.39, 0.29) is 30.7 Å². The minimum absolute atomic E-state index is 0.0616. The number of hydrogen-bond donors (Lipinski definition) is 3. The highest BCUT2D eigenvalue weighted by molar-refractivity contribution is 6.21. The van der Waals surface area contributed by atoms with Crippen LogP contribution in [0.5, 0.6) is 0 Å². The van der Waals surface area contributed by atoms with E-state index in [1.54, 1.807) is 12.1 Å². The Morgan fingerprint density at radius 2 is 1.88 bits per heavy atom. The first-order chi connectivity index (χ1) is 16.4. The van der Waals surface area contributed by atoms with Gasteiger partial charge in [-0.3, -0.25) is 9.59 Å². The summed E-state index contributed by atoms with van der Waals surface area (Å²) in [6.45, 7) is 4.19. The zero-order valence-corrected chi connectivity index (χ0v) is 19.6. The highest BCUT2D eigenvalue weighted by atomic mass is 16.2. The van der Waals surface area contributed by atoms with Crippen molar-refractivity contribution in [3.05, 3.63) is 65.4 Å². The van der Waals surface area contributed by atoms with Gasteiger partial charge in [0.2, 0.25) is 5.91 Å². The molecule has 34 heavy (non-hydrogen) atoms. The minimum Gasteiger partial charge on any atom is -0.356 e. The topological polar surface area (TPSA) is 94.3 Å². The molecule has 7 heteroatoms. The molecule has 7 nitrogen and oxygen atoms in total. The van der Waals surface area contributed by atoms with Crippen molar-refractivity contribution in [3.8, 4) is 0 Å². The molecule has 0 spiro atoms. The van der Waals surface area contributed by atoms with Crippen molar-refractivity contribution in [2.45, 2.75) is 64.0 Å². The number of urea groups is 1. The number of fused-ring (bicyclic) bond motifs is 3. The number of H-pyrrole nitrogens is 1. The lowest BCUT2D eigenvalue weighted by Crippen LogP contribution is -2.34. The fourth-order valence-electron chi connectivity index (χ4n) is 5.08. The Labute approximate surface area is 198 Å². The number of carbonyl (C=O) groups excluding carboxylic acids is 3. The fourth-order valence-corrected chi connectivity index (χ4v) is 5.08. The molecule has 2 aromatic carbocycles. The van der Waals surface area contributed by atoms with Crippen LogP contribution in [0.1, 0.15) is 68.3 Å². The second-order valence-corrected chi connectivity index (χ2v) is 9.54. The van der Waals surface area contributed by atoms with Crippen LogP contribution in [0.15, 0.2) is 48.5 Å². The van der Waals surface area contributed by atoms with Crippen LogP contribution in [-0.2, 0) is 16.0 Å². The van der Waals surface area contributed by atoms with Crippen molar-refractivity contribution < 1.29 is 14.4 Å². The van der Waals surface area contributed by atoms with E-state index in [4.69, 9.17) is 0 Å². The molecule has 3 aromatic rings. The van der Waals surface area contributed by atoms with Crippen molar-refractivity contribution in [1.82, 2.24) is 15.6 Å². The molecule has 4 amide bonds. The summed E-state index contributed by atoms with van der Waals surface area (Å²) in [5, 5.41) is 7.09. The molecule has 1 aliphatic carbocycles. The third kappa shape index (κ3) is 4.06. The maximum atomic E-state index is 12.9. The summed E-state index contributed by atoms with van der Waals surface area (Å²) in [6.07, 6.45) is 3.33. The number of para-hydroxylation sites is 1. The molecular weight excluding hydrogens is 428 g/mol. The maximum Gasteiger partial charge on any atom is 0.329 e. The Morgan fingerprint density at radius 3 is 2.65 bits per heavy atom. The lowest BCUT2D eigenvalue weighted by molar-refractivity contribution is -0.122. The van der Waals surface area contributed by atoms with Crippen molar-refractivity contribution in [1.29, 1.82) is 0 Å². The van der Waals surface area contributed by atoms with Crippen LogP contribution in [0.25, 0.3) is 10.9 Å². The molecule has 0 bridgehead atoms. The largest absolute Gasteiger partial charge is 0.356 e. The minimum atomic E-state index is -0.696. The third-order valence-corrected chi connectivity index (χ3v) is 6.95. The van der Waals surface area contributed by atoms with Gasteiger partial charge in [0, 0.05) is 23.0 Å². The molecule has 2 atom stereocenters. The van der Waals surface area contributed by atoms with E-state index in [2.05, 4.69) is 41.6 Å². The fraction of sp³-hybridized carbons (Fsp3) is 0.370. The number of hydrogen-bond acceptors (Lipinski definition) is 3. The highest BCUT2D eigenvalue weighted by Gasteiger charge is 2.39. The normalized spacial score (nSPS) is 20.0. The third-order valence-electron chi connectivity index (χ3n) is 6.95. The Kier molecular flexibility index (Phi) is 5.86. The van der Waals surface area contributed by atoms with Gasteiger partial charge in [-0.2, -0.15) is 0 Å². The number of aromatic amines is 1. The zero-order chi connectivity index (χ0) is 23.8. The van der Waals surface area contributed by atoms with Gasteiger partial charge in [0.1, 0.15) is 6.04 Å². The van der Waals surface area contributed by atoms with Gasteiger partial charge in [-0.15, -0.1) is 0 Å². The predicted molar refractivity (Wildman–Crippen MR) is 132 cm³/mol. The smallest absolute Gasteiger partial charge is 0.329 e. The lowest BCUT2D eigenvalue weighted by Gasteiger charge is -2.24. The molecule has 1 aromatic heterocycles. The van der Waals surface area contributed by atoms with Gasteiger partial charge in [-0.1, -0.05) is 44.2 Å². The number of aryl methyl sites for hydroxylation is 1. The summed E-state index contributed by atoms with van der Waals surface area (Å²) in [6, 6.07) is 14.5. The first kappa shape index (κ1) is 22.2. The molecule has 3 N–H and O–H groups in total. The van der Waals surface area contributed by atoms with Gasteiger partial charge >= 0.3 is 6.03 Å². The van der Waals surface area contributed by atoms with Crippen molar-refractivity contribution >= 4 is 34.4 Å². The van der Waals surface area contributed by atoms with E-state index in [9.17, 15) is 14.4 Å². The SMILES string of the molecule is CC(C)c1ccc(N2C(=O)N[C@@H](CCC(=O)NC3CCCc4c3[nH]c3ccccc43)C2=O)cc1. The maximum absolute atomic E-state index is 12.9. The summed E-state index contributed by atoms with van der Waals surface area (Å²) >= 11 is 0. The van der Waals surface area contributed by atoms with Crippen molar-refractivity contribution in [2.75, 3.05) is 4.90 Å². The first-order valence-electron chi connectivity index (χ1n) is 12.1. The Balaban J connectivity index is 1.21. The second-order valence-electron chi connectivity index (χ2n) is 9.54. The van der Waals surface area contributed by atoms with E-state index >= 15 is 0 Å². The molecule has 2 aliphatic rings. The predicted octanol–water partition coefficient (Wildman–Crippen LogP) is 4.69. The van der Waals surface area contributed by atoms with Gasteiger partial charge < -0.3 is 15.6 Å². The monoisotopic (exact) mass is 458 g/mol. The van der Waals surface area contributed by atoms with Gasteiger partial charge in [0.05, 0.1) is 11.7 Å². The van der Waals surface area contributed by atoms with Gasteiger partial charge in [0.25, 0.3) is 5.91 Å². The summed E-state index contributed by atoms with van der Waals surface area (Å²) in [5.74, 6) is -0.0584. The van der Waals surface area contributed by atoms with Gasteiger partial charge in [-0.05, 0) is 60.9 Å². The summed E-state index contributed by atoms with van der Waals surface area (Å²) < 4.78 is 0. The van der Waals surface area contributed by atoms with Gasteiger partial charge in [-0.25, -0.2) is 9.69 Å². The van der Waals surface area contributed by atoms with Crippen LogP contribution in [0, 0.1) is 0 Å². The average Bonchev–Trinajstić information content (AvgIpc) is 3.35. The number of anilines is 1. The number of rotatable bonds is 6. The van der Waals surface area contributed by atoms with Gasteiger partial charge in [0.15, 0.2) is 0 Å². The Bertz CT molecular complexity index is 1240. The summed E-state index contributed by atoms with van der Waals surface area (Å²) in [5.41, 5.74) is 5.15. The standard InChI is InChI=1S/C27H30N4O3/c1-16(2)17-10-12-18(13-11-17)31-26(33)23(30-27(31)34)14-15-24(32)28-22-9-5-7-20-19-6-3-4-8-21(19)29-25(20)22/h3-4,6,8,10-13,16,22-23,29H,5,7,9,14-15H2,1-2H3,(H,28,32)(H,30,34)/t22?,23-/m0/s1. The van der Waals surface area contributed by atoms with Crippen LogP contribution < -0.4 is 15.5 Å². The van der Waals surface area contributed by atoms with Crippen molar-refractivity contribution in [3.63, 3.8) is 0 Å². The molecule has 0 radical (unpaired) electrons. The van der Waals surface area contributed by atoms with Crippen LogP contribution in [0.4, 0.5) is 10.5 Å². The van der Waals surface area contributed by atoms with Crippen LogP contribution in [0.2, 0.25) is 0 Å². The molecule has 1 saturated heterocycles. The van der Waals surface area contributed by atoms with Crippen molar-refractivity contribution in [2.24, 2.45) is 0 Å². The van der Waals surface area contributed by atoms with Crippen LogP contribution >= 0.6 is 0 Å². The Hall–Kier alpha value is -3.61. The Morgan fingerprint density at radius 1 is 1.12 bits per heavy atom. The molecule has 1 unspecified atom stereocenters. The van der Waals surface area contributed by atoms with E-state index in [0.717, 1.165) is 36.0 Å². The molecular formula is C27H30N4O3. The number of benzene rings is 2. The quantitative estimate of drug-likeness (QED) is 0.468. The number of aromatic nitrogens is 1. The highest BCUT2D eigenvalue weighted by Crippen LogP contribution is 2.34. The molecule has 1 aliphatic heterocycles. The van der Waals surface area contributed by atoms with E-state index in [0.29, 0.717) is 11.6 Å². The zero-order valence-electron chi connectivity index (χ0n) is 19.6. The van der Waals surface area contributed by atoms with Crippen LogP contribution in [-0.4, -0.2) is 28.9 Å². The number of carbonyl (C=O) groups is 3. The lowest BCUT2D eigenvalue weighted by atomic mass is 9.91. The number of amides is 4. The van der Waals surface area contributed by atoms with E-state index in [1.807, 2.05) is 24.3 Å². The second kappa shape index (κ2) is 8.97. The molecule has 5 rings (SSSR count).